The van der Waals surface area contributed by atoms with Crippen LogP contribution >= 0.6 is 15.9 Å². The van der Waals surface area contributed by atoms with Gasteiger partial charge in [0.25, 0.3) is 0 Å². The highest BCUT2D eigenvalue weighted by Gasteiger charge is 2.23. The van der Waals surface area contributed by atoms with Crippen LogP contribution in [-0.4, -0.2) is 17.7 Å². The maximum absolute atomic E-state index is 12.0. The minimum atomic E-state index is -0.407. The fourth-order valence-electron chi connectivity index (χ4n) is 1.85. The Labute approximate surface area is 119 Å². The van der Waals surface area contributed by atoms with Gasteiger partial charge in [-0.15, -0.1) is 0 Å². The van der Waals surface area contributed by atoms with Gasteiger partial charge in [0, 0.05) is 10.0 Å². The molecule has 1 aromatic heterocycles. The monoisotopic (exact) mass is 323 g/mol. The van der Waals surface area contributed by atoms with Crippen LogP contribution in [0, 0.1) is 13.8 Å². The Morgan fingerprint density at radius 1 is 1.42 bits per heavy atom. The molecular formula is C14H14BrNO3. The third kappa shape index (κ3) is 2.71. The van der Waals surface area contributed by atoms with Crippen molar-refractivity contribution in [2.24, 2.45) is 0 Å². The number of esters is 1. The molecule has 1 aromatic carbocycles. The molecule has 0 aliphatic rings. The van der Waals surface area contributed by atoms with E-state index in [2.05, 4.69) is 21.1 Å². The van der Waals surface area contributed by atoms with Crippen LogP contribution in [0.5, 0.6) is 0 Å². The number of aryl methyl sites for hydroxylation is 2. The van der Waals surface area contributed by atoms with Gasteiger partial charge in [-0.05, 0) is 38.5 Å². The average Bonchev–Trinajstić information content (AvgIpc) is 2.74. The second kappa shape index (κ2) is 5.57. The van der Waals surface area contributed by atoms with E-state index in [1.807, 2.05) is 25.1 Å². The Morgan fingerprint density at radius 2 is 2.16 bits per heavy atom. The van der Waals surface area contributed by atoms with Crippen molar-refractivity contribution in [3.05, 3.63) is 39.6 Å². The number of hydrogen-bond donors (Lipinski definition) is 0. The number of halogens is 1. The molecule has 100 valence electrons. The highest BCUT2D eigenvalue weighted by molar-refractivity contribution is 9.10. The predicted octanol–water partition coefficient (Wildman–Crippen LogP) is 3.90. The third-order valence-electron chi connectivity index (χ3n) is 2.80. The van der Waals surface area contributed by atoms with E-state index in [0.717, 1.165) is 15.6 Å². The van der Waals surface area contributed by atoms with Crippen molar-refractivity contribution < 1.29 is 14.1 Å². The number of carbonyl (C=O) groups excluding carboxylic acids is 1. The summed E-state index contributed by atoms with van der Waals surface area (Å²) in [4.78, 5) is 12.0. The zero-order valence-electron chi connectivity index (χ0n) is 11.0. The van der Waals surface area contributed by atoms with Crippen molar-refractivity contribution in [1.29, 1.82) is 0 Å². The van der Waals surface area contributed by atoms with E-state index in [-0.39, 0.29) is 0 Å². The molecule has 0 fully saturated rings. The number of carbonyl (C=O) groups is 1. The van der Waals surface area contributed by atoms with Crippen LogP contribution in [-0.2, 0) is 4.74 Å². The molecule has 1 heterocycles. The van der Waals surface area contributed by atoms with Crippen LogP contribution in [0.15, 0.2) is 27.2 Å². The highest BCUT2D eigenvalue weighted by Crippen LogP contribution is 2.30. The second-order valence-corrected chi connectivity index (χ2v) is 5.06. The van der Waals surface area contributed by atoms with Crippen LogP contribution in [0.2, 0.25) is 0 Å². The maximum atomic E-state index is 12.0. The van der Waals surface area contributed by atoms with E-state index >= 15 is 0 Å². The van der Waals surface area contributed by atoms with Crippen molar-refractivity contribution in [2.75, 3.05) is 6.61 Å². The smallest absolute Gasteiger partial charge is 0.344 e. The first-order valence-corrected chi connectivity index (χ1v) is 6.73. The lowest BCUT2D eigenvalue weighted by molar-refractivity contribution is 0.0525. The van der Waals surface area contributed by atoms with E-state index < -0.39 is 5.97 Å². The molecule has 0 aliphatic heterocycles. The molecule has 19 heavy (non-hydrogen) atoms. The number of hydrogen-bond acceptors (Lipinski definition) is 4. The Balaban J connectivity index is 2.57. The van der Waals surface area contributed by atoms with Crippen molar-refractivity contribution in [2.45, 2.75) is 20.8 Å². The first-order chi connectivity index (χ1) is 9.04. The summed E-state index contributed by atoms with van der Waals surface area (Å²) < 4.78 is 11.1. The topological polar surface area (TPSA) is 52.3 Å². The number of aromatic nitrogens is 1. The van der Waals surface area contributed by atoms with Crippen LogP contribution < -0.4 is 0 Å². The van der Waals surface area contributed by atoms with E-state index in [1.165, 1.54) is 0 Å². The fraction of sp³-hybridized carbons (Fsp3) is 0.286. The van der Waals surface area contributed by atoms with Crippen molar-refractivity contribution >= 4 is 21.9 Å². The van der Waals surface area contributed by atoms with Gasteiger partial charge >= 0.3 is 5.97 Å². The van der Waals surface area contributed by atoms with Gasteiger partial charge in [0.05, 0.1) is 6.61 Å². The van der Waals surface area contributed by atoms with Crippen LogP contribution in [0.3, 0.4) is 0 Å². The van der Waals surface area contributed by atoms with Gasteiger partial charge in [0.1, 0.15) is 17.0 Å². The van der Waals surface area contributed by atoms with Gasteiger partial charge in [-0.2, -0.15) is 0 Å². The van der Waals surface area contributed by atoms with E-state index in [1.54, 1.807) is 13.8 Å². The van der Waals surface area contributed by atoms with Crippen LogP contribution in [0.4, 0.5) is 0 Å². The largest absolute Gasteiger partial charge is 0.462 e. The Hall–Kier alpha value is -1.62. The molecular weight excluding hydrogens is 310 g/mol. The predicted molar refractivity (Wildman–Crippen MR) is 75.1 cm³/mol. The van der Waals surface area contributed by atoms with Gasteiger partial charge < -0.3 is 9.26 Å². The van der Waals surface area contributed by atoms with Crippen molar-refractivity contribution in [3.63, 3.8) is 0 Å². The van der Waals surface area contributed by atoms with Gasteiger partial charge in [-0.1, -0.05) is 27.2 Å². The van der Waals surface area contributed by atoms with E-state index in [0.29, 0.717) is 23.6 Å². The summed E-state index contributed by atoms with van der Waals surface area (Å²) in [5.74, 6) is 0.0588. The Bertz CT molecular complexity index is 619. The summed E-state index contributed by atoms with van der Waals surface area (Å²) in [5, 5.41) is 3.99. The molecule has 0 saturated carbocycles. The molecule has 0 unspecified atom stereocenters. The zero-order chi connectivity index (χ0) is 14.0. The summed E-state index contributed by atoms with van der Waals surface area (Å²) in [5.41, 5.74) is 2.79. The quantitative estimate of drug-likeness (QED) is 0.804. The van der Waals surface area contributed by atoms with Gasteiger partial charge in [-0.3, -0.25) is 0 Å². The number of benzene rings is 1. The van der Waals surface area contributed by atoms with Gasteiger partial charge in [-0.25, -0.2) is 4.79 Å². The summed E-state index contributed by atoms with van der Waals surface area (Å²) in [6, 6.07) is 5.81. The minimum absolute atomic E-state index is 0.320. The molecule has 0 saturated heterocycles. The first-order valence-electron chi connectivity index (χ1n) is 5.94. The zero-order valence-corrected chi connectivity index (χ0v) is 12.6. The average molecular weight is 324 g/mol. The van der Waals surface area contributed by atoms with Crippen molar-refractivity contribution in [1.82, 2.24) is 5.16 Å². The molecule has 0 N–H and O–H groups in total. The molecule has 0 amide bonds. The summed E-state index contributed by atoms with van der Waals surface area (Å²) in [7, 11) is 0. The van der Waals surface area contributed by atoms with E-state index in [4.69, 9.17) is 9.26 Å². The molecule has 0 spiro atoms. The number of nitrogens with zero attached hydrogens (tertiary/aromatic N) is 1. The third-order valence-corrected chi connectivity index (χ3v) is 3.29. The number of rotatable bonds is 3. The molecule has 2 aromatic rings. The SMILES string of the molecule is CCOC(=O)c1c(-c2cc(Br)ccc2C)noc1C. The first kappa shape index (κ1) is 13.8. The van der Waals surface area contributed by atoms with Gasteiger partial charge in [0.2, 0.25) is 0 Å². The van der Waals surface area contributed by atoms with Gasteiger partial charge in [0.15, 0.2) is 0 Å². The molecule has 5 heteroatoms. The number of ether oxygens (including phenoxy) is 1. The lowest BCUT2D eigenvalue weighted by atomic mass is 10.0. The molecule has 0 aliphatic carbocycles. The molecule has 2 rings (SSSR count). The van der Waals surface area contributed by atoms with Crippen LogP contribution in [0.25, 0.3) is 11.3 Å². The summed E-state index contributed by atoms with van der Waals surface area (Å²) in [6.07, 6.45) is 0. The summed E-state index contributed by atoms with van der Waals surface area (Å²) >= 11 is 3.42. The molecule has 4 nitrogen and oxygen atoms in total. The molecule has 0 bridgehead atoms. The second-order valence-electron chi connectivity index (χ2n) is 4.14. The summed E-state index contributed by atoms with van der Waals surface area (Å²) in [6.45, 7) is 5.75. The standard InChI is InChI=1S/C14H14BrNO3/c1-4-18-14(17)12-9(3)19-16-13(12)11-7-10(15)6-5-8(11)2/h5-7H,4H2,1-3H3. The molecule has 0 radical (unpaired) electrons. The van der Waals surface area contributed by atoms with E-state index in [9.17, 15) is 4.79 Å². The normalized spacial score (nSPS) is 10.5. The van der Waals surface area contributed by atoms with Crippen molar-refractivity contribution in [3.8, 4) is 11.3 Å². The maximum Gasteiger partial charge on any atom is 0.344 e. The lowest BCUT2D eigenvalue weighted by Gasteiger charge is -2.06. The minimum Gasteiger partial charge on any atom is -0.462 e. The Kier molecular flexibility index (Phi) is 4.04. The van der Waals surface area contributed by atoms with Crippen LogP contribution in [0.1, 0.15) is 28.6 Å². The molecule has 0 atom stereocenters. The lowest BCUT2D eigenvalue weighted by Crippen LogP contribution is -2.07. The Morgan fingerprint density at radius 3 is 2.84 bits per heavy atom. The fourth-order valence-corrected chi connectivity index (χ4v) is 2.21. The highest BCUT2D eigenvalue weighted by atomic mass is 79.9.